The van der Waals surface area contributed by atoms with Gasteiger partial charge in [0.05, 0.1) is 22.8 Å². The van der Waals surface area contributed by atoms with E-state index in [1.54, 1.807) is 16.0 Å². The van der Waals surface area contributed by atoms with Gasteiger partial charge in [0.15, 0.2) is 0 Å². The Balaban J connectivity index is 1.75. The highest BCUT2D eigenvalue weighted by Gasteiger charge is 2.29. The molecule has 1 amide bonds. The Bertz CT molecular complexity index is 879. The molecule has 2 aromatic heterocycles. The van der Waals surface area contributed by atoms with Crippen molar-refractivity contribution in [2.24, 2.45) is 0 Å². The predicted molar refractivity (Wildman–Crippen MR) is 103 cm³/mol. The molecule has 1 aromatic carbocycles. The van der Waals surface area contributed by atoms with Crippen LogP contribution < -0.4 is 0 Å². The number of hydrogen-bond acceptors (Lipinski definition) is 4. The summed E-state index contributed by atoms with van der Waals surface area (Å²) in [6, 6.07) is 15.7. The normalized spacial score (nSPS) is 20.3. The first-order chi connectivity index (χ1) is 12.6. The largest absolute Gasteiger partial charge is 0.372 e. The molecular formula is C20H21N3O2S. The number of ether oxygens (including phenoxy) is 1. The maximum atomic E-state index is 13.3. The van der Waals surface area contributed by atoms with Crippen LogP contribution in [0.1, 0.15) is 24.3 Å². The quantitative estimate of drug-likeness (QED) is 0.706. The zero-order valence-electron chi connectivity index (χ0n) is 14.8. The number of hydrogen-bond donors (Lipinski definition) is 0. The van der Waals surface area contributed by atoms with Gasteiger partial charge in [0.2, 0.25) is 0 Å². The van der Waals surface area contributed by atoms with E-state index >= 15 is 0 Å². The lowest BCUT2D eigenvalue weighted by Gasteiger charge is -2.35. The van der Waals surface area contributed by atoms with Crippen molar-refractivity contribution in [1.82, 2.24) is 14.7 Å². The van der Waals surface area contributed by atoms with Crippen LogP contribution >= 0.6 is 11.3 Å². The number of carbonyl (C=O) groups is 1. The Morgan fingerprint density at radius 1 is 1.12 bits per heavy atom. The van der Waals surface area contributed by atoms with E-state index in [2.05, 4.69) is 0 Å². The molecule has 0 radical (unpaired) electrons. The lowest BCUT2D eigenvalue weighted by atomic mass is 10.2. The van der Waals surface area contributed by atoms with E-state index < -0.39 is 0 Å². The molecule has 1 aliphatic rings. The summed E-state index contributed by atoms with van der Waals surface area (Å²) in [6.45, 7) is 5.19. The third-order valence-corrected chi connectivity index (χ3v) is 5.30. The topological polar surface area (TPSA) is 47.4 Å². The molecule has 1 fully saturated rings. The van der Waals surface area contributed by atoms with Crippen LogP contribution in [0.2, 0.25) is 0 Å². The molecule has 0 bridgehead atoms. The molecule has 134 valence electrons. The smallest absolute Gasteiger partial charge is 0.272 e. The maximum absolute atomic E-state index is 13.3. The first-order valence-electron chi connectivity index (χ1n) is 8.76. The molecule has 1 saturated heterocycles. The number of benzene rings is 1. The summed E-state index contributed by atoms with van der Waals surface area (Å²) < 4.78 is 7.52. The summed E-state index contributed by atoms with van der Waals surface area (Å²) in [5.41, 5.74) is 2.29. The van der Waals surface area contributed by atoms with Crippen LogP contribution in [-0.4, -0.2) is 45.9 Å². The number of rotatable bonds is 3. The number of para-hydroxylation sites is 1. The molecule has 1 aliphatic heterocycles. The van der Waals surface area contributed by atoms with E-state index in [0.717, 1.165) is 16.3 Å². The van der Waals surface area contributed by atoms with Gasteiger partial charge in [-0.05, 0) is 43.5 Å². The number of carbonyl (C=O) groups excluding carboxylic acids is 1. The van der Waals surface area contributed by atoms with Gasteiger partial charge in [0, 0.05) is 13.1 Å². The van der Waals surface area contributed by atoms with Crippen LogP contribution in [0.25, 0.3) is 16.3 Å². The number of thiophene rings is 1. The van der Waals surface area contributed by atoms with Crippen molar-refractivity contribution in [3.63, 3.8) is 0 Å². The van der Waals surface area contributed by atoms with Gasteiger partial charge in [-0.15, -0.1) is 11.3 Å². The fraction of sp³-hybridized carbons (Fsp3) is 0.300. The maximum Gasteiger partial charge on any atom is 0.272 e. The molecule has 6 heteroatoms. The molecular weight excluding hydrogens is 346 g/mol. The molecule has 5 nitrogen and oxygen atoms in total. The van der Waals surface area contributed by atoms with Crippen molar-refractivity contribution in [1.29, 1.82) is 0 Å². The molecule has 2 unspecified atom stereocenters. The highest BCUT2D eigenvalue weighted by atomic mass is 32.1. The standard InChI is InChI=1S/C20H21N3O2S/c1-14-12-22(13-15(2)25-14)20(24)18-11-17(19-9-6-10-26-19)21-23(18)16-7-4-3-5-8-16/h3-11,14-15H,12-13H2,1-2H3. The average Bonchev–Trinajstić information content (AvgIpc) is 3.30. The second-order valence-electron chi connectivity index (χ2n) is 6.61. The van der Waals surface area contributed by atoms with Crippen LogP contribution in [0.4, 0.5) is 0 Å². The van der Waals surface area contributed by atoms with Crippen molar-refractivity contribution < 1.29 is 9.53 Å². The predicted octanol–water partition coefficient (Wildman–Crippen LogP) is 3.85. The molecule has 0 spiro atoms. The molecule has 0 saturated carbocycles. The van der Waals surface area contributed by atoms with Crippen molar-refractivity contribution in [3.8, 4) is 16.3 Å². The fourth-order valence-electron chi connectivity index (χ4n) is 3.35. The van der Waals surface area contributed by atoms with Crippen molar-refractivity contribution in [2.45, 2.75) is 26.1 Å². The lowest BCUT2D eigenvalue weighted by molar-refractivity contribution is -0.0588. The third-order valence-electron chi connectivity index (χ3n) is 4.41. The lowest BCUT2D eigenvalue weighted by Crippen LogP contribution is -2.48. The Labute approximate surface area is 156 Å². The van der Waals surface area contributed by atoms with E-state index in [1.807, 2.05) is 72.7 Å². The van der Waals surface area contributed by atoms with Gasteiger partial charge in [0.25, 0.3) is 5.91 Å². The average molecular weight is 367 g/mol. The van der Waals surface area contributed by atoms with Gasteiger partial charge in [-0.2, -0.15) is 5.10 Å². The van der Waals surface area contributed by atoms with E-state index in [9.17, 15) is 4.79 Å². The molecule has 4 rings (SSSR count). The number of morpholine rings is 1. The fourth-order valence-corrected chi connectivity index (χ4v) is 4.03. The minimum absolute atomic E-state index is 0.00819. The van der Waals surface area contributed by atoms with Crippen molar-refractivity contribution in [2.75, 3.05) is 13.1 Å². The summed E-state index contributed by atoms with van der Waals surface area (Å²) >= 11 is 1.62. The molecule has 26 heavy (non-hydrogen) atoms. The van der Waals surface area contributed by atoms with E-state index in [4.69, 9.17) is 9.84 Å². The molecule has 3 aromatic rings. The Hall–Kier alpha value is -2.44. The van der Waals surface area contributed by atoms with Gasteiger partial charge < -0.3 is 9.64 Å². The van der Waals surface area contributed by atoms with E-state index in [1.165, 1.54) is 0 Å². The minimum Gasteiger partial charge on any atom is -0.372 e. The van der Waals surface area contributed by atoms with E-state index in [-0.39, 0.29) is 18.1 Å². The third kappa shape index (κ3) is 3.30. The number of aromatic nitrogens is 2. The van der Waals surface area contributed by atoms with Crippen LogP contribution in [0.5, 0.6) is 0 Å². The highest BCUT2D eigenvalue weighted by Crippen LogP contribution is 2.27. The molecule has 2 atom stereocenters. The second-order valence-corrected chi connectivity index (χ2v) is 7.55. The van der Waals surface area contributed by atoms with Crippen LogP contribution in [0, 0.1) is 0 Å². The molecule has 0 N–H and O–H groups in total. The first-order valence-corrected chi connectivity index (χ1v) is 9.64. The highest BCUT2D eigenvalue weighted by molar-refractivity contribution is 7.13. The summed E-state index contributed by atoms with van der Waals surface area (Å²) in [4.78, 5) is 16.2. The number of nitrogens with zero attached hydrogens (tertiary/aromatic N) is 3. The number of amides is 1. The van der Waals surface area contributed by atoms with Crippen LogP contribution in [-0.2, 0) is 4.74 Å². The Morgan fingerprint density at radius 2 is 1.85 bits per heavy atom. The van der Waals surface area contributed by atoms with Gasteiger partial charge >= 0.3 is 0 Å². The van der Waals surface area contributed by atoms with Crippen LogP contribution in [0.15, 0.2) is 53.9 Å². The van der Waals surface area contributed by atoms with Gasteiger partial charge in [0.1, 0.15) is 11.4 Å². The van der Waals surface area contributed by atoms with Gasteiger partial charge in [-0.25, -0.2) is 4.68 Å². The van der Waals surface area contributed by atoms with Gasteiger partial charge in [-0.1, -0.05) is 24.3 Å². The van der Waals surface area contributed by atoms with Crippen molar-refractivity contribution >= 4 is 17.2 Å². The second kappa shape index (κ2) is 7.05. The molecule has 0 aliphatic carbocycles. The summed E-state index contributed by atoms with van der Waals surface area (Å²) in [5.74, 6) is -0.00819. The summed E-state index contributed by atoms with van der Waals surface area (Å²) in [7, 11) is 0. The Kier molecular flexibility index (Phi) is 4.61. The Morgan fingerprint density at radius 3 is 2.50 bits per heavy atom. The van der Waals surface area contributed by atoms with Crippen molar-refractivity contribution in [3.05, 3.63) is 59.6 Å². The van der Waals surface area contributed by atoms with E-state index in [0.29, 0.717) is 18.8 Å². The summed E-state index contributed by atoms with van der Waals surface area (Å²) in [5, 5.41) is 6.74. The van der Waals surface area contributed by atoms with Gasteiger partial charge in [-0.3, -0.25) is 4.79 Å². The molecule has 3 heterocycles. The van der Waals surface area contributed by atoms with Crippen LogP contribution in [0.3, 0.4) is 0 Å². The first kappa shape index (κ1) is 17.0. The summed E-state index contributed by atoms with van der Waals surface area (Å²) in [6.07, 6.45) is 0.0696. The minimum atomic E-state index is -0.00819. The zero-order valence-corrected chi connectivity index (χ0v) is 15.6. The monoisotopic (exact) mass is 367 g/mol. The zero-order chi connectivity index (χ0) is 18.1. The SMILES string of the molecule is CC1CN(C(=O)c2cc(-c3cccs3)nn2-c2ccccc2)CC(C)O1.